The second kappa shape index (κ2) is 11.2. The number of halogens is 1. The third-order valence-corrected chi connectivity index (χ3v) is 7.31. The predicted molar refractivity (Wildman–Crippen MR) is 159 cm³/mol. The number of amides is 1. The summed E-state index contributed by atoms with van der Waals surface area (Å²) in [4.78, 5) is 19.9. The van der Waals surface area contributed by atoms with Crippen LogP contribution in [-0.2, 0) is 6.42 Å². The Hall–Kier alpha value is -4.69. The summed E-state index contributed by atoms with van der Waals surface area (Å²) < 4.78 is 13.6. The molecule has 0 bridgehead atoms. The summed E-state index contributed by atoms with van der Waals surface area (Å²) in [5, 5.41) is 8.85. The van der Waals surface area contributed by atoms with Crippen molar-refractivity contribution >= 4 is 33.9 Å². The molecule has 0 unspecified atom stereocenters. The lowest BCUT2D eigenvalue weighted by Crippen LogP contribution is -2.44. The molecule has 1 aliphatic rings. The molecule has 0 spiro atoms. The molecule has 2 heterocycles. The third kappa shape index (κ3) is 5.53. The molecule has 1 amide bonds. The number of carbonyl (C=O) groups excluding carboxylic acids is 1. The van der Waals surface area contributed by atoms with Crippen molar-refractivity contribution in [3.63, 3.8) is 0 Å². The van der Waals surface area contributed by atoms with Crippen LogP contribution < -0.4 is 15.6 Å². The molecule has 8 heteroatoms. The molecule has 0 saturated carbocycles. The lowest BCUT2D eigenvalue weighted by molar-refractivity contribution is 0.101. The number of para-hydroxylation sites is 2. The molecule has 0 atom stereocenters. The zero-order chi connectivity index (χ0) is 27.5. The summed E-state index contributed by atoms with van der Waals surface area (Å²) in [7, 11) is 2.13. The molecule has 202 valence electrons. The minimum Gasteiger partial charge on any atom is -0.367 e. The largest absolute Gasteiger partial charge is 0.367 e. The fourth-order valence-electron chi connectivity index (χ4n) is 5.16. The summed E-state index contributed by atoms with van der Waals surface area (Å²) in [6.45, 7) is 3.68. The number of nitrogens with zero attached hydrogens (tertiary/aromatic N) is 4. The van der Waals surface area contributed by atoms with Crippen molar-refractivity contribution in [3.05, 3.63) is 120 Å². The van der Waals surface area contributed by atoms with Gasteiger partial charge in [-0.2, -0.15) is 9.89 Å². The number of anilines is 3. The molecule has 6 rings (SSSR count). The van der Waals surface area contributed by atoms with Crippen LogP contribution in [0, 0.1) is 5.82 Å². The van der Waals surface area contributed by atoms with Crippen LogP contribution in [0.1, 0.15) is 21.5 Å². The summed E-state index contributed by atoms with van der Waals surface area (Å²) >= 11 is 0. The van der Waals surface area contributed by atoms with Crippen LogP contribution in [0.25, 0.3) is 10.9 Å². The quantitative estimate of drug-likeness (QED) is 0.283. The van der Waals surface area contributed by atoms with Gasteiger partial charge in [-0.25, -0.2) is 9.82 Å². The topological polar surface area (TPSA) is 65.4 Å². The highest BCUT2D eigenvalue weighted by Gasteiger charge is 2.22. The van der Waals surface area contributed by atoms with E-state index < -0.39 is 0 Å². The van der Waals surface area contributed by atoms with Gasteiger partial charge in [0.1, 0.15) is 5.82 Å². The van der Waals surface area contributed by atoms with Gasteiger partial charge in [-0.3, -0.25) is 4.79 Å². The normalized spacial score (nSPS) is 13.9. The fraction of sp³-hybridized carbons (Fsp3) is 0.188. The van der Waals surface area contributed by atoms with Gasteiger partial charge in [0.05, 0.1) is 28.7 Å². The van der Waals surface area contributed by atoms with E-state index in [1.807, 2.05) is 66.7 Å². The number of nitrogens with one attached hydrogen (secondary N) is 2. The van der Waals surface area contributed by atoms with Crippen molar-refractivity contribution in [2.75, 3.05) is 48.9 Å². The molecule has 4 aromatic carbocycles. The van der Waals surface area contributed by atoms with E-state index in [0.717, 1.165) is 65.3 Å². The van der Waals surface area contributed by atoms with Gasteiger partial charge in [0.25, 0.3) is 5.91 Å². The van der Waals surface area contributed by atoms with Crippen LogP contribution in [0.5, 0.6) is 0 Å². The van der Waals surface area contributed by atoms with Crippen LogP contribution in [0.2, 0.25) is 0 Å². The summed E-state index contributed by atoms with van der Waals surface area (Å²) in [5.41, 5.74) is 8.90. The van der Waals surface area contributed by atoms with E-state index in [1.54, 1.807) is 18.3 Å². The van der Waals surface area contributed by atoms with Gasteiger partial charge < -0.3 is 15.1 Å². The monoisotopic (exact) mass is 534 g/mol. The maximum absolute atomic E-state index is 13.7. The molecule has 2 N–H and O–H groups in total. The van der Waals surface area contributed by atoms with E-state index in [-0.39, 0.29) is 11.7 Å². The Bertz CT molecular complexity index is 1640. The molecule has 1 fully saturated rings. The molecular weight excluding hydrogens is 503 g/mol. The minimum absolute atomic E-state index is 0.244. The highest BCUT2D eigenvalue weighted by atomic mass is 19.1. The van der Waals surface area contributed by atoms with Crippen molar-refractivity contribution in [1.82, 2.24) is 14.8 Å². The molecule has 1 aromatic heterocycles. The zero-order valence-electron chi connectivity index (χ0n) is 22.3. The fourth-order valence-corrected chi connectivity index (χ4v) is 5.16. The number of rotatable bonds is 7. The van der Waals surface area contributed by atoms with Gasteiger partial charge in [-0.15, -0.1) is 0 Å². The van der Waals surface area contributed by atoms with E-state index in [0.29, 0.717) is 12.0 Å². The molecule has 7 nitrogen and oxygen atoms in total. The number of piperazine rings is 1. The third-order valence-electron chi connectivity index (χ3n) is 7.31. The predicted octanol–water partition coefficient (Wildman–Crippen LogP) is 5.65. The second-order valence-electron chi connectivity index (χ2n) is 10.2. The Morgan fingerprint density at radius 2 is 1.65 bits per heavy atom. The lowest BCUT2D eigenvalue weighted by atomic mass is 10.0. The number of fused-ring (bicyclic) bond motifs is 1. The Morgan fingerprint density at radius 3 is 2.45 bits per heavy atom. The molecular formula is C32H31FN6O. The first-order valence-electron chi connectivity index (χ1n) is 13.4. The first-order chi connectivity index (χ1) is 19.5. The van der Waals surface area contributed by atoms with Gasteiger partial charge in [0.2, 0.25) is 0 Å². The number of likely N-dealkylation sites (N-methyl/N-ethyl adjacent to an activating group) is 1. The van der Waals surface area contributed by atoms with Crippen molar-refractivity contribution in [1.29, 1.82) is 0 Å². The lowest BCUT2D eigenvalue weighted by Gasteiger charge is -2.35. The van der Waals surface area contributed by atoms with Crippen molar-refractivity contribution in [3.8, 4) is 0 Å². The Labute approximate surface area is 232 Å². The number of aromatic nitrogens is 2. The second-order valence-corrected chi connectivity index (χ2v) is 10.2. The SMILES string of the molecule is CN1CCN(c2cccc(C(=O)Nn3ncc4cc(Cc5cccc(F)c5)ccc43)c2Nc2ccccc2)CC1. The minimum atomic E-state index is -0.261. The van der Waals surface area contributed by atoms with Crippen molar-refractivity contribution < 1.29 is 9.18 Å². The highest BCUT2D eigenvalue weighted by molar-refractivity contribution is 6.08. The maximum atomic E-state index is 13.7. The zero-order valence-corrected chi connectivity index (χ0v) is 22.3. The Morgan fingerprint density at radius 1 is 0.875 bits per heavy atom. The number of carbonyl (C=O) groups is 1. The van der Waals surface area contributed by atoms with E-state index >= 15 is 0 Å². The first kappa shape index (κ1) is 25.6. The van der Waals surface area contributed by atoms with Crippen molar-refractivity contribution in [2.24, 2.45) is 0 Å². The van der Waals surface area contributed by atoms with Crippen LogP contribution >= 0.6 is 0 Å². The molecule has 0 aliphatic carbocycles. The number of hydrogen-bond donors (Lipinski definition) is 2. The number of hydrogen-bond acceptors (Lipinski definition) is 5. The molecule has 1 aliphatic heterocycles. The highest BCUT2D eigenvalue weighted by Crippen LogP contribution is 2.33. The Kier molecular flexibility index (Phi) is 7.16. The van der Waals surface area contributed by atoms with Gasteiger partial charge in [0, 0.05) is 37.3 Å². The average Bonchev–Trinajstić information content (AvgIpc) is 3.36. The first-order valence-corrected chi connectivity index (χ1v) is 13.4. The summed E-state index contributed by atoms with van der Waals surface area (Å²) in [6, 6.07) is 28.3. The van der Waals surface area contributed by atoms with Crippen LogP contribution in [0.4, 0.5) is 21.5 Å². The van der Waals surface area contributed by atoms with Crippen LogP contribution in [-0.4, -0.2) is 53.9 Å². The Balaban J connectivity index is 1.28. The van der Waals surface area contributed by atoms with Crippen LogP contribution in [0.15, 0.2) is 97.2 Å². The van der Waals surface area contributed by atoms with E-state index in [2.05, 4.69) is 38.8 Å². The van der Waals surface area contributed by atoms with E-state index in [1.165, 1.54) is 10.9 Å². The van der Waals surface area contributed by atoms with Gasteiger partial charge in [-0.05, 0) is 73.1 Å². The van der Waals surface area contributed by atoms with Crippen molar-refractivity contribution in [2.45, 2.75) is 6.42 Å². The van der Waals surface area contributed by atoms with E-state index in [4.69, 9.17) is 0 Å². The molecule has 0 radical (unpaired) electrons. The molecule has 5 aromatic rings. The average molecular weight is 535 g/mol. The van der Waals surface area contributed by atoms with Crippen LogP contribution in [0.3, 0.4) is 0 Å². The van der Waals surface area contributed by atoms with Gasteiger partial charge in [0.15, 0.2) is 0 Å². The van der Waals surface area contributed by atoms with E-state index in [9.17, 15) is 9.18 Å². The van der Waals surface area contributed by atoms with Gasteiger partial charge >= 0.3 is 0 Å². The smallest absolute Gasteiger partial charge is 0.273 e. The molecule has 40 heavy (non-hydrogen) atoms. The molecule has 1 saturated heterocycles. The van der Waals surface area contributed by atoms with Gasteiger partial charge in [-0.1, -0.05) is 42.5 Å². The number of benzene rings is 4. The maximum Gasteiger partial charge on any atom is 0.273 e. The summed E-state index contributed by atoms with van der Waals surface area (Å²) in [5.74, 6) is -0.504. The standard InChI is InChI=1S/C32H31FN6O/c1-37-15-17-38(18-16-37)30-12-6-11-28(31(30)35-27-9-3-2-4-10-27)32(40)36-39-29-14-13-24(20-25(29)22-34-39)19-23-7-5-8-26(33)21-23/h2-14,20-22,35H,15-19H2,1H3,(H,36,40). The summed E-state index contributed by atoms with van der Waals surface area (Å²) in [6.07, 6.45) is 2.34.